The number of nitrogen functional groups attached to an aromatic ring is 1. The third-order valence-electron chi connectivity index (χ3n) is 6.01. The van der Waals surface area contributed by atoms with Crippen molar-refractivity contribution in [1.82, 2.24) is 9.38 Å². The number of carboxylic acid groups (broad SMARTS) is 1. The van der Waals surface area contributed by atoms with Crippen molar-refractivity contribution in [3.63, 3.8) is 0 Å². The van der Waals surface area contributed by atoms with E-state index in [2.05, 4.69) is 23.4 Å². The Hall–Kier alpha value is -2.58. The van der Waals surface area contributed by atoms with Gasteiger partial charge in [0.25, 0.3) is 0 Å². The minimum atomic E-state index is -1.56. The van der Waals surface area contributed by atoms with Crippen LogP contribution in [0.3, 0.4) is 0 Å². The summed E-state index contributed by atoms with van der Waals surface area (Å²) in [6, 6.07) is 1.86. The molecule has 1 aliphatic heterocycles. The predicted molar refractivity (Wildman–Crippen MR) is 126 cm³/mol. The lowest BCUT2D eigenvalue weighted by molar-refractivity contribution is -0.183. The summed E-state index contributed by atoms with van der Waals surface area (Å²) in [5.74, 6) is 0.0947. The largest absolute Gasteiger partial charge is 0.479 e. The molecular weight excluding hydrogens is 408 g/mol. The first kappa shape index (κ1) is 24.1. The second-order valence-electron chi connectivity index (χ2n) is 10.0. The third kappa shape index (κ3) is 4.61. The quantitative estimate of drug-likeness (QED) is 0.624. The fraction of sp³-hybridized carbons (Fsp3) is 0.583. The summed E-state index contributed by atoms with van der Waals surface area (Å²) < 4.78 is 14.1. The summed E-state index contributed by atoms with van der Waals surface area (Å²) >= 11 is 0. The standard InChI is InChI=1S/C24H36N4O4/c1-8-13-31-23(6)9-11-27(12-10-23)20-19(24(7,21(29)30)32-22(3,4)5)16(2)14-18-26-17(25)15-28(18)20/h8,14-15H,1,9-13,25H2,2-7H3,(H,29,30). The Morgan fingerprint density at radius 1 is 1.34 bits per heavy atom. The van der Waals surface area contributed by atoms with Gasteiger partial charge in [0.15, 0.2) is 5.60 Å². The smallest absolute Gasteiger partial charge is 0.340 e. The molecule has 2 aromatic heterocycles. The molecule has 3 rings (SSSR count). The summed E-state index contributed by atoms with van der Waals surface area (Å²) in [7, 11) is 0. The van der Waals surface area contributed by atoms with E-state index in [0.717, 1.165) is 24.2 Å². The van der Waals surface area contributed by atoms with Crippen molar-refractivity contribution in [2.75, 3.05) is 30.3 Å². The lowest BCUT2D eigenvalue weighted by Crippen LogP contribution is -2.48. The van der Waals surface area contributed by atoms with Gasteiger partial charge in [-0.15, -0.1) is 6.58 Å². The molecule has 0 aromatic carbocycles. The maximum Gasteiger partial charge on any atom is 0.340 e. The van der Waals surface area contributed by atoms with Gasteiger partial charge >= 0.3 is 5.97 Å². The zero-order chi connectivity index (χ0) is 23.9. The van der Waals surface area contributed by atoms with E-state index < -0.39 is 17.2 Å². The highest BCUT2D eigenvalue weighted by atomic mass is 16.5. The molecule has 2 aromatic rings. The van der Waals surface area contributed by atoms with E-state index in [1.165, 1.54) is 0 Å². The van der Waals surface area contributed by atoms with E-state index in [1.54, 1.807) is 19.2 Å². The first-order valence-corrected chi connectivity index (χ1v) is 11.0. The molecule has 8 heteroatoms. The van der Waals surface area contributed by atoms with Gasteiger partial charge in [-0.2, -0.15) is 0 Å². The number of fused-ring (bicyclic) bond motifs is 1. The Kier molecular flexibility index (Phi) is 6.32. The maximum atomic E-state index is 12.6. The first-order valence-electron chi connectivity index (χ1n) is 11.0. The number of hydrogen-bond donors (Lipinski definition) is 2. The van der Waals surface area contributed by atoms with E-state index in [9.17, 15) is 9.90 Å². The Balaban J connectivity index is 2.16. The number of aliphatic carboxylic acids is 1. The van der Waals surface area contributed by atoms with Gasteiger partial charge in [0.1, 0.15) is 17.3 Å². The number of pyridine rings is 1. The normalized spacial score (nSPS) is 18.5. The van der Waals surface area contributed by atoms with Gasteiger partial charge in [-0.1, -0.05) is 6.08 Å². The fourth-order valence-electron chi connectivity index (χ4n) is 4.56. The van der Waals surface area contributed by atoms with Crippen LogP contribution in [-0.4, -0.2) is 51.4 Å². The number of imidazole rings is 1. The van der Waals surface area contributed by atoms with Gasteiger partial charge in [-0.3, -0.25) is 4.40 Å². The number of rotatable bonds is 7. The van der Waals surface area contributed by atoms with Crippen LogP contribution < -0.4 is 10.6 Å². The molecule has 3 N–H and O–H groups in total. The second kappa shape index (κ2) is 8.41. The number of aromatic nitrogens is 2. The number of carbonyl (C=O) groups is 1. The van der Waals surface area contributed by atoms with Crippen LogP contribution in [0.2, 0.25) is 0 Å². The molecule has 0 spiro atoms. The Labute approximate surface area is 190 Å². The van der Waals surface area contributed by atoms with Crippen LogP contribution >= 0.6 is 0 Å². The van der Waals surface area contributed by atoms with Crippen molar-refractivity contribution >= 4 is 23.3 Å². The van der Waals surface area contributed by atoms with Crippen LogP contribution in [0.5, 0.6) is 0 Å². The molecule has 176 valence electrons. The highest BCUT2D eigenvalue weighted by Gasteiger charge is 2.45. The van der Waals surface area contributed by atoms with Crippen molar-refractivity contribution in [3.8, 4) is 0 Å². The summed E-state index contributed by atoms with van der Waals surface area (Å²) in [6.07, 6.45) is 5.10. The molecule has 3 heterocycles. The van der Waals surface area contributed by atoms with E-state index in [1.807, 2.05) is 38.2 Å². The molecule has 32 heavy (non-hydrogen) atoms. The molecule has 1 saturated heterocycles. The summed E-state index contributed by atoms with van der Waals surface area (Å²) in [6.45, 7) is 16.9. The van der Waals surface area contributed by atoms with Crippen LogP contribution in [-0.2, 0) is 19.9 Å². The monoisotopic (exact) mass is 444 g/mol. The molecule has 0 saturated carbocycles. The first-order chi connectivity index (χ1) is 14.8. The van der Waals surface area contributed by atoms with E-state index in [0.29, 0.717) is 36.7 Å². The highest BCUT2D eigenvalue weighted by molar-refractivity contribution is 5.83. The van der Waals surface area contributed by atoms with Crippen molar-refractivity contribution in [2.24, 2.45) is 0 Å². The number of anilines is 2. The molecule has 1 aliphatic rings. The molecule has 1 unspecified atom stereocenters. The second-order valence-corrected chi connectivity index (χ2v) is 10.0. The lowest BCUT2D eigenvalue weighted by Gasteiger charge is -2.43. The zero-order valence-electron chi connectivity index (χ0n) is 20.1. The average Bonchev–Trinajstić information content (AvgIpc) is 3.04. The molecule has 0 aliphatic carbocycles. The van der Waals surface area contributed by atoms with Crippen LogP contribution in [0.4, 0.5) is 11.6 Å². The van der Waals surface area contributed by atoms with Gasteiger partial charge in [-0.25, -0.2) is 9.78 Å². The SMILES string of the molecule is C=CCOC1(C)CCN(c2c(C(C)(OC(C)(C)C)C(=O)O)c(C)cc3nc(N)cn23)CC1. The van der Waals surface area contributed by atoms with Gasteiger partial charge < -0.3 is 25.2 Å². The van der Waals surface area contributed by atoms with Crippen molar-refractivity contribution < 1.29 is 19.4 Å². The lowest BCUT2D eigenvalue weighted by atomic mass is 9.88. The van der Waals surface area contributed by atoms with Gasteiger partial charge in [0.05, 0.1) is 24.0 Å². The molecule has 0 amide bonds. The Morgan fingerprint density at radius 2 is 1.97 bits per heavy atom. The van der Waals surface area contributed by atoms with Gasteiger partial charge in [-0.05, 0) is 66.0 Å². The summed E-state index contributed by atoms with van der Waals surface area (Å²) in [5, 5.41) is 10.3. The number of aryl methyl sites for hydroxylation is 1. The average molecular weight is 445 g/mol. The number of carboxylic acids is 1. The van der Waals surface area contributed by atoms with Crippen LogP contribution in [0.1, 0.15) is 58.6 Å². The van der Waals surface area contributed by atoms with Crippen LogP contribution in [0.25, 0.3) is 5.65 Å². The number of hydrogen-bond acceptors (Lipinski definition) is 6. The van der Waals surface area contributed by atoms with Gasteiger partial charge in [0, 0.05) is 18.7 Å². The van der Waals surface area contributed by atoms with E-state index >= 15 is 0 Å². The van der Waals surface area contributed by atoms with Crippen LogP contribution in [0, 0.1) is 6.92 Å². The van der Waals surface area contributed by atoms with Crippen molar-refractivity contribution in [3.05, 3.63) is 36.0 Å². The fourth-order valence-corrected chi connectivity index (χ4v) is 4.56. The van der Waals surface area contributed by atoms with E-state index in [4.69, 9.17) is 15.2 Å². The molecule has 8 nitrogen and oxygen atoms in total. The number of nitrogens with two attached hydrogens (primary N) is 1. The molecule has 0 radical (unpaired) electrons. The molecular formula is C24H36N4O4. The number of nitrogens with zero attached hydrogens (tertiary/aromatic N) is 3. The van der Waals surface area contributed by atoms with Crippen molar-refractivity contribution in [2.45, 2.75) is 71.2 Å². The highest BCUT2D eigenvalue weighted by Crippen LogP contribution is 2.41. The summed E-state index contributed by atoms with van der Waals surface area (Å²) in [4.78, 5) is 19.3. The third-order valence-corrected chi connectivity index (χ3v) is 6.01. The van der Waals surface area contributed by atoms with Crippen LogP contribution in [0.15, 0.2) is 24.9 Å². The summed E-state index contributed by atoms with van der Waals surface area (Å²) in [5.41, 5.74) is 5.63. The maximum absolute atomic E-state index is 12.6. The Morgan fingerprint density at radius 3 is 2.50 bits per heavy atom. The minimum Gasteiger partial charge on any atom is -0.479 e. The molecule has 0 bridgehead atoms. The predicted octanol–water partition coefficient (Wildman–Crippen LogP) is 3.90. The molecule has 1 fully saturated rings. The topological polar surface area (TPSA) is 102 Å². The zero-order valence-corrected chi connectivity index (χ0v) is 20.1. The molecule has 1 atom stereocenters. The van der Waals surface area contributed by atoms with Gasteiger partial charge in [0.2, 0.25) is 0 Å². The minimum absolute atomic E-state index is 0.250. The number of piperidine rings is 1. The van der Waals surface area contributed by atoms with E-state index in [-0.39, 0.29) is 5.60 Å². The van der Waals surface area contributed by atoms with Crippen molar-refractivity contribution in [1.29, 1.82) is 0 Å². The number of ether oxygens (including phenoxy) is 2. The Bertz CT molecular complexity index is 1020.